The summed E-state index contributed by atoms with van der Waals surface area (Å²) in [5.74, 6) is -8.77. The Morgan fingerprint density at radius 3 is 1.13 bits per heavy atom. The summed E-state index contributed by atoms with van der Waals surface area (Å²) in [4.78, 5) is 94.3. The number of phenols is 6. The van der Waals surface area contributed by atoms with Crippen molar-refractivity contribution in [3.63, 3.8) is 0 Å². The molecule has 22 N–H and O–H groups in total. The minimum absolute atomic E-state index is 0.00406. The predicted molar refractivity (Wildman–Crippen MR) is 407 cm³/mol. The third kappa shape index (κ3) is 14.4. The van der Waals surface area contributed by atoms with Crippen LogP contribution in [-0.2, 0) is 52.5 Å². The Kier molecular flexibility index (Phi) is 24.0. The van der Waals surface area contributed by atoms with Gasteiger partial charge in [-0.15, -0.1) is 0 Å². The highest BCUT2D eigenvalue weighted by molar-refractivity contribution is 6.33. The summed E-state index contributed by atoms with van der Waals surface area (Å²) in [5.41, 5.74) is 9.42. The van der Waals surface area contributed by atoms with E-state index in [1.165, 1.54) is 75.9 Å². The Bertz CT molecular complexity index is 5030. The van der Waals surface area contributed by atoms with Gasteiger partial charge >= 0.3 is 0 Å². The molecule has 0 amide bonds. The van der Waals surface area contributed by atoms with Crippen LogP contribution in [0.25, 0.3) is 0 Å². The molecule has 0 aromatic heterocycles. The van der Waals surface area contributed by atoms with Crippen LogP contribution in [0.15, 0.2) is 54.6 Å². The lowest BCUT2D eigenvalue weighted by molar-refractivity contribution is -0.256. The van der Waals surface area contributed by atoms with Gasteiger partial charge in [0.05, 0.1) is 163 Å². The van der Waals surface area contributed by atoms with Crippen LogP contribution < -0.4 is 36.7 Å². The number of ketones is 7. The standard InChI is InChI=1S/C28H34N2O10.C28H33NO10.C27H29NO11/c1-11-23(32)14(29)7-18(39-11)40-16-9-28(37,17(10-31)30-2)8-13-20(16)27(36)22-21(25(13)34)24(33)12-5-4-6-15(38-3)19(12)26(22)35;1-11-7-18(38-12(2)23(11)31)39-16-9-28(36,17(29)10-30)8-14-20(16)27(35)22-21(25(14)33)24(32)13-5-4-6-15(37-3)19(13)26(22)34;1-10-22(31)13(28)6-17(38-10)39-15-8-27(36,16(30)9-29)7-12-19(15)26(35)21-20(24(12)33)23(32)11-4-3-5-14(37-2)18(11)25(21)34/h4-6,11,14,16-18,23,30-32,34,36-37H,7-10,29H2,1-3H3;4-6,11-12,16-18,23,30-31,33,35-36H,7-10,29H2,1-3H3;3-5,10,13,15,17,22,29,31,33,35-36H,6-9,28H2,1-2H3/t11?,14?,16-,17?,18?,23?,28-;11?,12?,16-,17?,18?,23?,28-;10?,13?,15-,17?,22?,27-/m000/s1. The molecule has 6 aliphatic carbocycles. The second-order valence-electron chi connectivity index (χ2n) is 31.6. The van der Waals surface area contributed by atoms with Gasteiger partial charge in [0.2, 0.25) is 17.3 Å². The zero-order valence-corrected chi connectivity index (χ0v) is 65.5. The Morgan fingerprint density at radius 1 is 0.466 bits per heavy atom. The zero-order valence-electron chi connectivity index (χ0n) is 65.5. The largest absolute Gasteiger partial charge is 0.507 e. The quantitative estimate of drug-likeness (QED) is 0.0602. The van der Waals surface area contributed by atoms with E-state index in [1.54, 1.807) is 27.8 Å². The minimum atomic E-state index is -2.24. The second kappa shape index (κ2) is 32.9. The van der Waals surface area contributed by atoms with Crippen LogP contribution in [0, 0.1) is 5.92 Å². The molecular formula is C83H96N4O31. The van der Waals surface area contributed by atoms with Crippen LogP contribution >= 0.6 is 0 Å². The van der Waals surface area contributed by atoms with Crippen molar-refractivity contribution in [3.8, 4) is 51.7 Å². The molecular weight excluding hydrogens is 1550 g/mol. The molecule has 35 heteroatoms. The summed E-state index contributed by atoms with van der Waals surface area (Å²) >= 11 is 0. The van der Waals surface area contributed by atoms with Crippen LogP contribution in [0.1, 0.15) is 213 Å². The molecule has 3 aliphatic heterocycles. The van der Waals surface area contributed by atoms with E-state index in [-0.39, 0.29) is 140 Å². The molecule has 3 heterocycles. The summed E-state index contributed by atoms with van der Waals surface area (Å²) in [6, 6.07) is 9.91. The number of nitrogens with two attached hydrogens (primary N) is 3. The molecule has 634 valence electrons. The lowest BCUT2D eigenvalue weighted by Gasteiger charge is -2.45. The number of carbonyl (C=O) groups excluding carboxylic acids is 7. The monoisotopic (exact) mass is 1640 g/mol. The number of methoxy groups -OCH3 is 3. The first kappa shape index (κ1) is 86.3. The molecule has 6 aromatic carbocycles. The molecule has 0 spiro atoms. The third-order valence-electron chi connectivity index (χ3n) is 24.5. The summed E-state index contributed by atoms with van der Waals surface area (Å²) in [7, 11) is 5.57. The van der Waals surface area contributed by atoms with Crippen molar-refractivity contribution in [2.45, 2.75) is 200 Å². The first-order valence-electron chi connectivity index (χ1n) is 38.4. The van der Waals surface area contributed by atoms with Crippen molar-refractivity contribution in [2.24, 2.45) is 23.1 Å². The van der Waals surface area contributed by atoms with E-state index >= 15 is 0 Å². The molecule has 35 nitrogen and oxygen atoms in total. The molecule has 14 unspecified atom stereocenters. The normalized spacial score (nSPS) is 30.3. The van der Waals surface area contributed by atoms with Gasteiger partial charge < -0.3 is 142 Å². The van der Waals surface area contributed by atoms with Crippen LogP contribution in [0.2, 0.25) is 0 Å². The van der Waals surface area contributed by atoms with Gasteiger partial charge in [-0.25, -0.2) is 0 Å². The maximum Gasteiger partial charge on any atom is 0.202 e. The molecule has 3 fully saturated rings. The van der Waals surface area contributed by atoms with Gasteiger partial charge in [-0.3, -0.25) is 33.6 Å². The number of likely N-dealkylation sites (N-methyl/N-ethyl adjacent to an activating group) is 1. The Labute approximate surface area is 673 Å². The number of benzene rings is 6. The lowest BCUT2D eigenvalue weighted by Crippen LogP contribution is -2.56. The Balaban J connectivity index is 0.000000153. The van der Waals surface area contributed by atoms with Gasteiger partial charge in [-0.05, 0) is 51.9 Å². The van der Waals surface area contributed by atoms with Crippen molar-refractivity contribution in [1.82, 2.24) is 5.32 Å². The van der Waals surface area contributed by atoms with Crippen molar-refractivity contribution >= 4 is 40.5 Å². The van der Waals surface area contributed by atoms with E-state index in [0.717, 1.165) is 0 Å². The van der Waals surface area contributed by atoms with E-state index in [4.69, 9.17) is 59.8 Å². The van der Waals surface area contributed by atoms with E-state index in [1.807, 2.05) is 6.92 Å². The molecule has 0 radical (unpaired) electrons. The molecule has 15 rings (SSSR count). The number of nitrogens with one attached hydrogen (secondary N) is 1. The Hall–Kier alpha value is -9.55. The number of hydrogen-bond acceptors (Lipinski definition) is 35. The number of fused-ring (bicyclic) bond motifs is 9. The molecule has 20 atom stereocenters. The van der Waals surface area contributed by atoms with Gasteiger partial charge in [0, 0.05) is 120 Å². The van der Waals surface area contributed by atoms with E-state index in [9.17, 15) is 110 Å². The van der Waals surface area contributed by atoms with Crippen LogP contribution in [0.3, 0.4) is 0 Å². The molecule has 6 aromatic rings. The minimum Gasteiger partial charge on any atom is -0.507 e. The van der Waals surface area contributed by atoms with Crippen LogP contribution in [0.5, 0.6) is 51.7 Å². The fourth-order valence-electron chi connectivity index (χ4n) is 18.0. The topological polar surface area (TPSA) is 596 Å². The second-order valence-corrected chi connectivity index (χ2v) is 31.6. The number of aromatic hydroxyl groups is 6. The highest BCUT2D eigenvalue weighted by atomic mass is 16.7. The number of ether oxygens (including phenoxy) is 9. The number of hydrogen-bond donors (Lipinski definition) is 19. The SMILES string of the molecule is CNC(CO)[C@]1(O)Cc2c(O)c3c(c(O)c2[C@@H](OC2CC(N)C(O)C(C)O2)C1)C(=O)c1c(OC)cccc1C3=O.COc1cccc2c1C(=O)c1c(O)c3c(c(O)c1C2=O)C[C@@](O)(C(=O)CO)C[C@@H]3OC1CC(N)C(O)C(C)O1.COc1cccc2c1C(=O)c1c(O)c3c(c(O)c1C2=O)C[C@@](O)(C(N)CO)C[C@@H]3OC1CC(C)C(O)C(C)O1. The smallest absolute Gasteiger partial charge is 0.202 e. The van der Waals surface area contributed by atoms with Crippen LogP contribution in [-0.4, -0.2) is 262 Å². The van der Waals surface area contributed by atoms with Crippen molar-refractivity contribution < 1.29 is 153 Å². The third-order valence-corrected chi connectivity index (χ3v) is 24.5. The van der Waals surface area contributed by atoms with E-state index in [2.05, 4.69) is 5.32 Å². The fourth-order valence-corrected chi connectivity index (χ4v) is 18.0. The maximum atomic E-state index is 13.7. The first-order chi connectivity index (χ1) is 55.8. The Morgan fingerprint density at radius 2 is 0.797 bits per heavy atom. The number of Topliss-reactive ketones (excluding diaryl/α,β-unsaturated/α-hetero) is 1. The summed E-state index contributed by atoms with van der Waals surface area (Å²) in [6.45, 7) is 4.67. The fraction of sp³-hybridized carbons (Fsp3) is 0.482. The molecule has 9 aliphatic rings. The zero-order chi connectivity index (χ0) is 85.9. The van der Waals surface area contributed by atoms with Gasteiger partial charge in [-0.1, -0.05) is 43.3 Å². The maximum absolute atomic E-state index is 13.7. The van der Waals surface area contributed by atoms with Crippen LogP contribution in [0.4, 0.5) is 0 Å². The molecule has 3 saturated heterocycles. The first-order valence-corrected chi connectivity index (χ1v) is 38.4. The van der Waals surface area contributed by atoms with E-state index in [0.29, 0.717) is 6.42 Å². The highest BCUT2D eigenvalue weighted by Gasteiger charge is 2.55. The summed E-state index contributed by atoms with van der Waals surface area (Å²) in [6.07, 6.45) is -12.7. The van der Waals surface area contributed by atoms with Gasteiger partial charge in [0.25, 0.3) is 0 Å². The summed E-state index contributed by atoms with van der Waals surface area (Å²) in [5, 5.41) is 166. The molecule has 118 heavy (non-hydrogen) atoms. The molecule has 0 bridgehead atoms. The summed E-state index contributed by atoms with van der Waals surface area (Å²) < 4.78 is 51.6. The van der Waals surface area contributed by atoms with Crippen molar-refractivity contribution in [3.05, 3.63) is 155 Å². The lowest BCUT2D eigenvalue weighted by atomic mass is 9.71. The van der Waals surface area contributed by atoms with Gasteiger partial charge in [0.15, 0.2) is 42.0 Å². The molecule has 0 saturated carbocycles. The predicted octanol–water partition coefficient (Wildman–Crippen LogP) is 1.09. The van der Waals surface area contributed by atoms with Gasteiger partial charge in [-0.2, -0.15) is 0 Å². The van der Waals surface area contributed by atoms with Crippen molar-refractivity contribution in [1.29, 1.82) is 0 Å². The highest BCUT2D eigenvalue weighted by Crippen LogP contribution is 2.58. The number of rotatable bonds is 16. The van der Waals surface area contributed by atoms with Gasteiger partial charge in [0.1, 0.15) is 64.0 Å². The average Bonchev–Trinajstić information content (AvgIpc) is 0.718. The number of aliphatic hydroxyl groups is 9. The van der Waals surface area contributed by atoms with Crippen molar-refractivity contribution in [2.75, 3.05) is 48.2 Å². The number of phenolic OH excluding ortho intramolecular Hbond substituents is 6. The number of carbonyl (C=O) groups is 7. The van der Waals surface area contributed by atoms with E-state index < -0.39 is 245 Å². The number of aliphatic hydroxyl groups excluding tert-OH is 6. The average molecular weight is 1650 g/mol.